The topological polar surface area (TPSA) is 100 Å². The highest BCUT2D eigenvalue weighted by Crippen LogP contribution is 2.31. The highest BCUT2D eigenvalue weighted by molar-refractivity contribution is 5.87. The van der Waals surface area contributed by atoms with E-state index in [0.29, 0.717) is 18.7 Å². The summed E-state index contributed by atoms with van der Waals surface area (Å²) in [7, 11) is 0. The molecule has 0 saturated carbocycles. The van der Waals surface area contributed by atoms with Crippen LogP contribution in [0.15, 0.2) is 51.7 Å². The first kappa shape index (κ1) is 17.9. The van der Waals surface area contributed by atoms with Crippen molar-refractivity contribution in [2.45, 2.75) is 19.3 Å². The fourth-order valence-corrected chi connectivity index (χ4v) is 3.31. The number of phenolic OH excluding ortho intramolecular Hbond substituents is 2. The number of benzene rings is 2. The maximum absolute atomic E-state index is 12.5. The van der Waals surface area contributed by atoms with E-state index in [2.05, 4.69) is 0 Å². The van der Waals surface area contributed by atoms with E-state index in [0.717, 1.165) is 19.3 Å². The van der Waals surface area contributed by atoms with Gasteiger partial charge < -0.3 is 24.3 Å². The third-order valence-electron chi connectivity index (χ3n) is 4.75. The van der Waals surface area contributed by atoms with Gasteiger partial charge >= 0.3 is 6.09 Å². The minimum Gasteiger partial charge on any atom is -0.508 e. The second-order valence-electron chi connectivity index (χ2n) is 6.75. The number of amides is 1. The highest BCUT2D eigenvalue weighted by Gasteiger charge is 2.20. The number of ether oxygens (including phenoxy) is 1. The second-order valence-corrected chi connectivity index (χ2v) is 6.75. The number of likely N-dealkylation sites (tertiary alicyclic amines) is 1. The van der Waals surface area contributed by atoms with Crippen LogP contribution in [0, 0.1) is 0 Å². The first-order valence-corrected chi connectivity index (χ1v) is 9.08. The van der Waals surface area contributed by atoms with Crippen molar-refractivity contribution in [1.29, 1.82) is 0 Å². The molecule has 1 aromatic heterocycles. The van der Waals surface area contributed by atoms with Crippen molar-refractivity contribution in [3.8, 4) is 28.6 Å². The van der Waals surface area contributed by atoms with Gasteiger partial charge in [-0.2, -0.15) is 0 Å². The van der Waals surface area contributed by atoms with Crippen LogP contribution in [0.5, 0.6) is 17.2 Å². The molecule has 2 heterocycles. The summed E-state index contributed by atoms with van der Waals surface area (Å²) >= 11 is 0. The Hall–Kier alpha value is -3.48. The highest BCUT2D eigenvalue weighted by atomic mass is 16.6. The lowest BCUT2D eigenvalue weighted by Gasteiger charge is -2.25. The molecule has 3 aromatic rings. The number of carbonyl (C=O) groups excluding carboxylic acids is 1. The van der Waals surface area contributed by atoms with E-state index in [1.807, 2.05) is 0 Å². The van der Waals surface area contributed by atoms with E-state index >= 15 is 0 Å². The molecule has 0 unspecified atom stereocenters. The fourth-order valence-electron chi connectivity index (χ4n) is 3.31. The summed E-state index contributed by atoms with van der Waals surface area (Å²) in [5, 5.41) is 19.7. The molecule has 0 spiro atoms. The van der Waals surface area contributed by atoms with Gasteiger partial charge in [0.05, 0.1) is 0 Å². The van der Waals surface area contributed by atoms with Crippen molar-refractivity contribution in [1.82, 2.24) is 4.90 Å². The monoisotopic (exact) mass is 381 g/mol. The number of hydrogen-bond donors (Lipinski definition) is 2. The van der Waals surface area contributed by atoms with Crippen LogP contribution in [0.3, 0.4) is 0 Å². The van der Waals surface area contributed by atoms with E-state index in [4.69, 9.17) is 9.15 Å². The molecule has 7 nitrogen and oxygen atoms in total. The quantitative estimate of drug-likeness (QED) is 0.699. The molecule has 0 aliphatic carbocycles. The minimum absolute atomic E-state index is 0.0142. The van der Waals surface area contributed by atoms with Crippen LogP contribution < -0.4 is 10.2 Å². The Morgan fingerprint density at radius 3 is 2.43 bits per heavy atom. The predicted octanol–water partition coefficient (Wildman–Crippen LogP) is 3.86. The summed E-state index contributed by atoms with van der Waals surface area (Å²) in [5.41, 5.74) is 0.278. The first-order chi connectivity index (χ1) is 13.5. The van der Waals surface area contributed by atoms with Crippen LogP contribution in [0.4, 0.5) is 4.79 Å². The normalized spacial score (nSPS) is 14.2. The van der Waals surface area contributed by atoms with Crippen LogP contribution >= 0.6 is 0 Å². The zero-order valence-corrected chi connectivity index (χ0v) is 15.1. The summed E-state index contributed by atoms with van der Waals surface area (Å²) in [6.45, 7) is 1.27. The van der Waals surface area contributed by atoms with Gasteiger partial charge in [-0.25, -0.2) is 4.79 Å². The van der Waals surface area contributed by atoms with Crippen LogP contribution in [0.25, 0.3) is 22.3 Å². The first-order valence-electron chi connectivity index (χ1n) is 9.08. The van der Waals surface area contributed by atoms with Crippen molar-refractivity contribution >= 4 is 17.1 Å². The van der Waals surface area contributed by atoms with Crippen molar-refractivity contribution < 1.29 is 24.2 Å². The number of aromatic hydroxyl groups is 2. The molecule has 1 aliphatic heterocycles. The zero-order chi connectivity index (χ0) is 19.7. The Balaban J connectivity index is 1.70. The molecule has 1 fully saturated rings. The number of nitrogens with zero attached hydrogens (tertiary/aromatic N) is 1. The van der Waals surface area contributed by atoms with Crippen LogP contribution in [-0.2, 0) is 0 Å². The van der Waals surface area contributed by atoms with Crippen LogP contribution in [0.2, 0.25) is 0 Å². The van der Waals surface area contributed by atoms with E-state index in [1.165, 1.54) is 30.3 Å². The molecule has 1 aliphatic rings. The molecule has 7 heteroatoms. The van der Waals surface area contributed by atoms with Gasteiger partial charge in [-0.3, -0.25) is 4.79 Å². The van der Waals surface area contributed by atoms with Gasteiger partial charge in [-0.15, -0.1) is 0 Å². The predicted molar refractivity (Wildman–Crippen MR) is 103 cm³/mol. The maximum Gasteiger partial charge on any atom is 0.415 e. The van der Waals surface area contributed by atoms with E-state index in [9.17, 15) is 19.8 Å². The molecule has 28 heavy (non-hydrogen) atoms. The van der Waals surface area contributed by atoms with Crippen LogP contribution in [-0.4, -0.2) is 34.3 Å². The van der Waals surface area contributed by atoms with Gasteiger partial charge in [0.15, 0.2) is 5.43 Å². The Labute approximate surface area is 160 Å². The van der Waals surface area contributed by atoms with Crippen molar-refractivity contribution in [3.05, 3.63) is 52.7 Å². The summed E-state index contributed by atoms with van der Waals surface area (Å²) < 4.78 is 11.1. The molecule has 1 amide bonds. The van der Waals surface area contributed by atoms with E-state index in [1.54, 1.807) is 17.0 Å². The molecule has 144 valence electrons. The second kappa shape index (κ2) is 7.26. The van der Waals surface area contributed by atoms with Gasteiger partial charge in [0.1, 0.15) is 34.0 Å². The molecule has 0 radical (unpaired) electrons. The van der Waals surface area contributed by atoms with Crippen molar-refractivity contribution in [2.75, 3.05) is 13.1 Å². The Bertz CT molecular complexity index is 1080. The molecule has 0 atom stereocenters. The Morgan fingerprint density at radius 2 is 1.71 bits per heavy atom. The summed E-state index contributed by atoms with van der Waals surface area (Å²) in [4.78, 5) is 26.4. The smallest absolute Gasteiger partial charge is 0.415 e. The van der Waals surface area contributed by atoms with Gasteiger partial charge in [-0.05, 0) is 43.5 Å². The average molecular weight is 381 g/mol. The lowest BCUT2D eigenvalue weighted by atomic mass is 10.1. The number of rotatable bonds is 2. The van der Waals surface area contributed by atoms with Gasteiger partial charge in [0, 0.05) is 36.9 Å². The standard InChI is InChI=1S/C21H19NO6/c23-14-6-4-13(5-7-14)18-12-17(25)20-16(24)10-15(11-19(20)28-18)27-21(26)22-8-2-1-3-9-22/h4-7,10-12,23-24H,1-3,8-9H2. The third-order valence-corrected chi connectivity index (χ3v) is 4.75. The van der Waals surface area contributed by atoms with Crippen LogP contribution in [0.1, 0.15) is 19.3 Å². The summed E-state index contributed by atoms with van der Waals surface area (Å²) in [5.74, 6) is 0.157. The number of carbonyl (C=O) groups is 1. The van der Waals surface area contributed by atoms with Gasteiger partial charge in [0.2, 0.25) is 0 Å². The lowest BCUT2D eigenvalue weighted by Crippen LogP contribution is -2.37. The van der Waals surface area contributed by atoms with Crippen molar-refractivity contribution in [2.24, 2.45) is 0 Å². The van der Waals surface area contributed by atoms with Gasteiger partial charge in [0.25, 0.3) is 0 Å². The SMILES string of the molecule is O=C(Oc1cc(O)c2c(=O)cc(-c3ccc(O)cc3)oc2c1)N1CCCCC1. The molecular weight excluding hydrogens is 362 g/mol. The number of fused-ring (bicyclic) bond motifs is 1. The maximum atomic E-state index is 12.5. The zero-order valence-electron chi connectivity index (χ0n) is 15.1. The van der Waals surface area contributed by atoms with Crippen molar-refractivity contribution in [3.63, 3.8) is 0 Å². The Morgan fingerprint density at radius 1 is 1.00 bits per heavy atom. The molecule has 1 saturated heterocycles. The number of hydrogen-bond acceptors (Lipinski definition) is 6. The Kier molecular flexibility index (Phi) is 4.65. The summed E-state index contributed by atoms with van der Waals surface area (Å²) in [6.07, 6.45) is 2.47. The lowest BCUT2D eigenvalue weighted by molar-refractivity contribution is 0.142. The van der Waals surface area contributed by atoms with E-state index in [-0.39, 0.29) is 34.0 Å². The molecule has 4 rings (SSSR count). The summed E-state index contributed by atoms with van der Waals surface area (Å²) in [6, 6.07) is 10.1. The molecular formula is C21H19NO6. The van der Waals surface area contributed by atoms with Gasteiger partial charge in [-0.1, -0.05) is 0 Å². The number of phenols is 2. The molecule has 2 N–H and O–H groups in total. The average Bonchev–Trinajstić information content (AvgIpc) is 2.68. The minimum atomic E-state index is -0.490. The fraction of sp³-hybridized carbons (Fsp3) is 0.238. The largest absolute Gasteiger partial charge is 0.508 e. The van der Waals surface area contributed by atoms with E-state index < -0.39 is 11.5 Å². The third kappa shape index (κ3) is 3.51. The number of piperidine rings is 1. The molecule has 0 bridgehead atoms. The molecule has 2 aromatic carbocycles.